The Morgan fingerprint density at radius 1 is 1.09 bits per heavy atom. The van der Waals surface area contributed by atoms with Crippen molar-refractivity contribution in [1.29, 1.82) is 0 Å². The van der Waals surface area contributed by atoms with Crippen molar-refractivity contribution < 1.29 is 17.4 Å². The fourth-order valence-corrected chi connectivity index (χ4v) is 3.42. The van der Waals surface area contributed by atoms with Gasteiger partial charge in [-0.3, -0.25) is 0 Å². The normalized spacial score (nSPS) is 11.7. The zero-order valence-electron chi connectivity index (χ0n) is 11.3. The number of halogens is 1. The van der Waals surface area contributed by atoms with Crippen LogP contribution in [-0.4, -0.2) is 24.3 Å². The molecule has 0 aliphatic heterocycles. The second kappa shape index (κ2) is 6.05. The van der Waals surface area contributed by atoms with Crippen LogP contribution < -0.4 is 0 Å². The van der Waals surface area contributed by atoms with Gasteiger partial charge >= 0.3 is 0 Å². The van der Waals surface area contributed by atoms with Crippen molar-refractivity contribution in [1.82, 2.24) is 10.1 Å². The van der Waals surface area contributed by atoms with Crippen molar-refractivity contribution in [3.05, 3.63) is 53.0 Å². The quantitative estimate of drug-likeness (QED) is 0.673. The summed E-state index contributed by atoms with van der Waals surface area (Å²) in [5.41, 5.74) is 0. The summed E-state index contributed by atoms with van der Waals surface area (Å²) in [6.45, 7) is 0. The lowest BCUT2D eigenvalue weighted by Gasteiger charge is -2.01. The molecular formula is C14H11BrN2O4S. The van der Waals surface area contributed by atoms with Gasteiger partial charge in [0, 0.05) is 6.42 Å². The molecule has 22 heavy (non-hydrogen) atoms. The Hall–Kier alpha value is -1.93. The predicted octanol–water partition coefficient (Wildman–Crippen LogP) is 3.11. The molecule has 0 atom stereocenters. The minimum Gasteiger partial charge on any atom is -0.444 e. The molecule has 3 rings (SSSR count). The number of furan rings is 1. The molecule has 0 bridgehead atoms. The smallest absolute Gasteiger partial charge is 0.293 e. The molecule has 0 aliphatic rings. The average Bonchev–Trinajstić information content (AvgIpc) is 3.15. The lowest BCUT2D eigenvalue weighted by molar-refractivity contribution is 0.407. The molecule has 0 unspecified atom stereocenters. The van der Waals surface area contributed by atoms with Gasteiger partial charge in [-0.1, -0.05) is 23.4 Å². The van der Waals surface area contributed by atoms with Crippen LogP contribution in [0.3, 0.4) is 0 Å². The van der Waals surface area contributed by atoms with Crippen molar-refractivity contribution in [3.63, 3.8) is 0 Å². The zero-order chi connectivity index (χ0) is 15.6. The number of rotatable bonds is 5. The molecule has 0 saturated heterocycles. The number of benzene rings is 1. The first kappa shape index (κ1) is 15.0. The van der Waals surface area contributed by atoms with Gasteiger partial charge in [-0.2, -0.15) is 4.98 Å². The SMILES string of the molecule is O=S(=O)(CCc1noc(-c2ccc(Br)o2)n1)c1ccccc1. The molecule has 0 aliphatic carbocycles. The van der Waals surface area contributed by atoms with Gasteiger partial charge in [-0.05, 0) is 40.2 Å². The zero-order valence-corrected chi connectivity index (χ0v) is 13.7. The third-order valence-corrected chi connectivity index (χ3v) is 5.11. The van der Waals surface area contributed by atoms with Crippen molar-refractivity contribution in [2.24, 2.45) is 0 Å². The van der Waals surface area contributed by atoms with E-state index in [0.717, 1.165) is 0 Å². The standard InChI is InChI=1S/C14H11BrN2O4S/c15-12-7-6-11(20-12)14-16-13(17-21-14)8-9-22(18,19)10-4-2-1-3-5-10/h1-7H,8-9H2. The number of hydrogen-bond donors (Lipinski definition) is 0. The van der Waals surface area contributed by atoms with E-state index < -0.39 is 9.84 Å². The Labute approximate surface area is 135 Å². The number of aromatic nitrogens is 2. The molecule has 6 nitrogen and oxygen atoms in total. The van der Waals surface area contributed by atoms with Crippen LogP contribution in [0.5, 0.6) is 0 Å². The van der Waals surface area contributed by atoms with Gasteiger partial charge in [0.1, 0.15) is 0 Å². The number of aryl methyl sites for hydroxylation is 1. The molecule has 8 heteroatoms. The lowest BCUT2D eigenvalue weighted by atomic mass is 10.4. The van der Waals surface area contributed by atoms with Gasteiger partial charge < -0.3 is 8.94 Å². The topological polar surface area (TPSA) is 86.2 Å². The highest BCUT2D eigenvalue weighted by molar-refractivity contribution is 9.10. The fourth-order valence-electron chi connectivity index (χ4n) is 1.86. The van der Waals surface area contributed by atoms with E-state index in [1.165, 1.54) is 0 Å². The van der Waals surface area contributed by atoms with E-state index in [1.807, 2.05) is 0 Å². The first-order chi connectivity index (χ1) is 10.5. The summed E-state index contributed by atoms with van der Waals surface area (Å²) in [5.74, 6) is 0.883. The van der Waals surface area contributed by atoms with Gasteiger partial charge in [0.05, 0.1) is 10.6 Å². The van der Waals surface area contributed by atoms with Crippen molar-refractivity contribution in [2.45, 2.75) is 11.3 Å². The summed E-state index contributed by atoms with van der Waals surface area (Å²) in [4.78, 5) is 4.42. The summed E-state index contributed by atoms with van der Waals surface area (Å²) in [5, 5.41) is 3.77. The summed E-state index contributed by atoms with van der Waals surface area (Å²) >= 11 is 3.18. The second-order valence-electron chi connectivity index (χ2n) is 4.50. The van der Waals surface area contributed by atoms with Crippen LogP contribution in [0.1, 0.15) is 5.82 Å². The molecule has 0 spiro atoms. The average molecular weight is 383 g/mol. The fraction of sp³-hybridized carbons (Fsp3) is 0.143. The Balaban J connectivity index is 1.71. The summed E-state index contributed by atoms with van der Waals surface area (Å²) < 4.78 is 35.3. The van der Waals surface area contributed by atoms with Gasteiger partial charge in [-0.15, -0.1) is 0 Å². The first-order valence-electron chi connectivity index (χ1n) is 6.41. The molecule has 1 aromatic carbocycles. The van der Waals surface area contributed by atoms with E-state index in [0.29, 0.717) is 16.3 Å². The van der Waals surface area contributed by atoms with Gasteiger partial charge in [0.15, 0.2) is 26.1 Å². The summed E-state index contributed by atoms with van der Waals surface area (Å²) in [6.07, 6.45) is 0.169. The third kappa shape index (κ3) is 3.28. The third-order valence-electron chi connectivity index (χ3n) is 2.95. The molecular weight excluding hydrogens is 372 g/mol. The summed E-state index contributed by atoms with van der Waals surface area (Å²) in [7, 11) is -3.36. The van der Waals surface area contributed by atoms with E-state index in [-0.39, 0.29) is 23.0 Å². The highest BCUT2D eigenvalue weighted by Crippen LogP contribution is 2.23. The van der Waals surface area contributed by atoms with Crippen molar-refractivity contribution in [2.75, 3.05) is 5.75 Å². The van der Waals surface area contributed by atoms with E-state index >= 15 is 0 Å². The van der Waals surface area contributed by atoms with Gasteiger partial charge in [0.25, 0.3) is 5.89 Å². The van der Waals surface area contributed by atoms with E-state index in [9.17, 15) is 8.42 Å². The maximum absolute atomic E-state index is 12.2. The maximum atomic E-state index is 12.2. The van der Waals surface area contributed by atoms with E-state index in [1.54, 1.807) is 42.5 Å². The molecule has 0 saturated carbocycles. The molecule has 0 amide bonds. The Bertz CT molecular complexity index is 871. The largest absolute Gasteiger partial charge is 0.444 e. The van der Waals surface area contributed by atoms with Crippen LogP contribution in [0.15, 0.2) is 61.0 Å². The second-order valence-corrected chi connectivity index (χ2v) is 7.39. The van der Waals surface area contributed by atoms with E-state index in [4.69, 9.17) is 8.94 Å². The number of hydrogen-bond acceptors (Lipinski definition) is 6. The highest BCUT2D eigenvalue weighted by atomic mass is 79.9. The molecule has 0 radical (unpaired) electrons. The van der Waals surface area contributed by atoms with E-state index in [2.05, 4.69) is 26.1 Å². The lowest BCUT2D eigenvalue weighted by Crippen LogP contribution is -2.09. The predicted molar refractivity (Wildman–Crippen MR) is 81.9 cm³/mol. The molecule has 2 heterocycles. The first-order valence-corrected chi connectivity index (χ1v) is 8.85. The Morgan fingerprint density at radius 2 is 1.86 bits per heavy atom. The van der Waals surface area contributed by atoms with Crippen molar-refractivity contribution >= 4 is 25.8 Å². The minimum absolute atomic E-state index is 0.0855. The van der Waals surface area contributed by atoms with Crippen LogP contribution in [0.4, 0.5) is 0 Å². The number of nitrogens with zero attached hydrogens (tertiary/aromatic N) is 2. The highest BCUT2D eigenvalue weighted by Gasteiger charge is 2.17. The van der Waals surface area contributed by atoms with Crippen molar-refractivity contribution in [3.8, 4) is 11.7 Å². The molecule has 114 valence electrons. The van der Waals surface area contributed by atoms with Crippen LogP contribution in [0, 0.1) is 0 Å². The van der Waals surface area contributed by atoms with Crippen LogP contribution in [-0.2, 0) is 16.3 Å². The van der Waals surface area contributed by atoms with Crippen LogP contribution in [0.2, 0.25) is 0 Å². The Kier molecular flexibility index (Phi) is 4.12. The monoisotopic (exact) mass is 382 g/mol. The van der Waals surface area contributed by atoms with Crippen LogP contribution in [0.25, 0.3) is 11.7 Å². The minimum atomic E-state index is -3.36. The summed E-state index contributed by atoms with van der Waals surface area (Å²) in [6, 6.07) is 11.7. The maximum Gasteiger partial charge on any atom is 0.293 e. The van der Waals surface area contributed by atoms with Gasteiger partial charge in [-0.25, -0.2) is 8.42 Å². The number of sulfone groups is 1. The van der Waals surface area contributed by atoms with Gasteiger partial charge in [0.2, 0.25) is 0 Å². The molecule has 0 fully saturated rings. The molecule has 3 aromatic rings. The van der Waals surface area contributed by atoms with Crippen LogP contribution >= 0.6 is 15.9 Å². The molecule has 2 aromatic heterocycles. The Morgan fingerprint density at radius 3 is 2.55 bits per heavy atom. The molecule has 0 N–H and O–H groups in total.